The van der Waals surface area contributed by atoms with Gasteiger partial charge in [0.05, 0.1) is 0 Å². The molecule has 136 valence electrons. The molecular formula is C22H26N2O2. The second-order valence-corrected chi connectivity index (χ2v) is 7.04. The maximum atomic E-state index is 11.9. The number of aryl methyl sites for hydroxylation is 2. The minimum absolute atomic E-state index is 0.270. The molecule has 0 bridgehead atoms. The molecule has 0 spiro atoms. The molecule has 1 atom stereocenters. The van der Waals surface area contributed by atoms with Crippen LogP contribution in [0.5, 0.6) is 0 Å². The minimum atomic E-state index is -0.301. The summed E-state index contributed by atoms with van der Waals surface area (Å²) >= 11 is 0. The Kier molecular flexibility index (Phi) is 5.55. The second-order valence-electron chi connectivity index (χ2n) is 7.04. The molecule has 1 N–H and O–H groups in total. The summed E-state index contributed by atoms with van der Waals surface area (Å²) in [6, 6.07) is 16.4. The third-order valence-electron chi connectivity index (χ3n) is 4.91. The van der Waals surface area contributed by atoms with Gasteiger partial charge < -0.3 is 14.6 Å². The van der Waals surface area contributed by atoms with E-state index in [0.717, 1.165) is 23.1 Å². The van der Waals surface area contributed by atoms with Gasteiger partial charge >= 0.3 is 5.63 Å². The predicted molar refractivity (Wildman–Crippen MR) is 107 cm³/mol. The summed E-state index contributed by atoms with van der Waals surface area (Å²) < 4.78 is 5.38. The molecule has 0 radical (unpaired) electrons. The van der Waals surface area contributed by atoms with Crippen molar-refractivity contribution in [2.75, 3.05) is 20.6 Å². The van der Waals surface area contributed by atoms with Crippen LogP contribution in [0.4, 0.5) is 0 Å². The molecule has 2 aromatic carbocycles. The van der Waals surface area contributed by atoms with Gasteiger partial charge in [-0.05, 0) is 62.3 Å². The lowest BCUT2D eigenvalue weighted by Crippen LogP contribution is -2.31. The van der Waals surface area contributed by atoms with Gasteiger partial charge in [-0.3, -0.25) is 0 Å². The number of hydrogen-bond donors (Lipinski definition) is 1. The Hall–Kier alpha value is -2.43. The average molecular weight is 350 g/mol. The number of nitrogens with one attached hydrogen (secondary N) is 1. The highest BCUT2D eigenvalue weighted by Gasteiger charge is 2.14. The zero-order valence-electron chi connectivity index (χ0n) is 15.9. The normalized spacial score (nSPS) is 12.7. The third kappa shape index (κ3) is 4.03. The van der Waals surface area contributed by atoms with Gasteiger partial charge in [0.2, 0.25) is 0 Å². The fourth-order valence-electron chi connectivity index (χ4n) is 3.25. The van der Waals surface area contributed by atoms with Crippen LogP contribution in [0.25, 0.3) is 11.0 Å². The van der Waals surface area contributed by atoms with Crippen LogP contribution in [0.2, 0.25) is 0 Å². The van der Waals surface area contributed by atoms with Gasteiger partial charge in [-0.2, -0.15) is 0 Å². The molecular weight excluding hydrogens is 324 g/mol. The van der Waals surface area contributed by atoms with Crippen LogP contribution in [0.1, 0.15) is 28.3 Å². The highest BCUT2D eigenvalue weighted by molar-refractivity contribution is 5.81. The Morgan fingerprint density at radius 1 is 1.04 bits per heavy atom. The molecule has 0 aliphatic carbocycles. The molecule has 4 heteroatoms. The van der Waals surface area contributed by atoms with E-state index in [9.17, 15) is 4.79 Å². The molecule has 0 aliphatic heterocycles. The van der Waals surface area contributed by atoms with Gasteiger partial charge in [0.25, 0.3) is 0 Å². The minimum Gasteiger partial charge on any atom is -0.423 e. The SMILES string of the molecule is Cc1cc2oc(=O)cc(CNC[C@@H](c3ccccc3)N(C)C)c2cc1C. The van der Waals surface area contributed by atoms with Crippen LogP contribution < -0.4 is 10.9 Å². The molecule has 0 saturated heterocycles. The molecule has 0 unspecified atom stereocenters. The molecule has 26 heavy (non-hydrogen) atoms. The van der Waals surface area contributed by atoms with Crippen molar-refractivity contribution in [3.8, 4) is 0 Å². The van der Waals surface area contributed by atoms with E-state index in [0.29, 0.717) is 12.1 Å². The Balaban J connectivity index is 1.81. The Labute approximate surface area is 154 Å². The largest absolute Gasteiger partial charge is 0.423 e. The quantitative estimate of drug-likeness (QED) is 0.687. The average Bonchev–Trinajstić information content (AvgIpc) is 2.60. The van der Waals surface area contributed by atoms with Crippen molar-refractivity contribution in [3.63, 3.8) is 0 Å². The fraction of sp³-hybridized carbons (Fsp3) is 0.318. The van der Waals surface area contributed by atoms with E-state index >= 15 is 0 Å². The Morgan fingerprint density at radius 2 is 1.73 bits per heavy atom. The van der Waals surface area contributed by atoms with Gasteiger partial charge in [-0.1, -0.05) is 30.3 Å². The molecule has 3 aromatic rings. The van der Waals surface area contributed by atoms with Crippen molar-refractivity contribution in [1.29, 1.82) is 0 Å². The van der Waals surface area contributed by atoms with Crippen molar-refractivity contribution >= 4 is 11.0 Å². The lowest BCUT2D eigenvalue weighted by Gasteiger charge is -2.25. The zero-order valence-corrected chi connectivity index (χ0v) is 15.9. The summed E-state index contributed by atoms with van der Waals surface area (Å²) in [5.41, 5.74) is 4.93. The van der Waals surface area contributed by atoms with Gasteiger partial charge in [-0.25, -0.2) is 4.79 Å². The highest BCUT2D eigenvalue weighted by atomic mass is 16.4. The molecule has 0 amide bonds. The summed E-state index contributed by atoms with van der Waals surface area (Å²) in [7, 11) is 4.16. The third-order valence-corrected chi connectivity index (χ3v) is 4.91. The van der Waals surface area contributed by atoms with Gasteiger partial charge in [0, 0.05) is 30.6 Å². The standard InChI is InChI=1S/C22H26N2O2/c1-15-10-19-18(12-22(25)26-21(19)11-16(15)2)13-23-14-20(24(3)4)17-8-6-5-7-9-17/h5-12,20,23H,13-14H2,1-4H3/t20-/m0/s1. The van der Waals surface area contributed by atoms with Crippen molar-refractivity contribution in [2.24, 2.45) is 0 Å². The van der Waals surface area contributed by atoms with Crippen molar-refractivity contribution < 1.29 is 4.42 Å². The summed E-state index contributed by atoms with van der Waals surface area (Å²) in [6.07, 6.45) is 0. The lowest BCUT2D eigenvalue weighted by molar-refractivity contribution is 0.288. The second kappa shape index (κ2) is 7.85. The van der Waals surface area contributed by atoms with Crippen LogP contribution in [0.3, 0.4) is 0 Å². The van der Waals surface area contributed by atoms with E-state index in [1.165, 1.54) is 11.1 Å². The smallest absolute Gasteiger partial charge is 0.336 e. The summed E-state index contributed by atoms with van der Waals surface area (Å²) in [4.78, 5) is 14.1. The van der Waals surface area contributed by atoms with E-state index in [2.05, 4.69) is 61.6 Å². The van der Waals surface area contributed by atoms with Gasteiger partial charge in [0.15, 0.2) is 0 Å². The first-order chi connectivity index (χ1) is 12.5. The van der Waals surface area contributed by atoms with Crippen LogP contribution in [-0.2, 0) is 6.54 Å². The van der Waals surface area contributed by atoms with E-state index in [1.807, 2.05) is 19.1 Å². The Morgan fingerprint density at radius 3 is 2.42 bits per heavy atom. The van der Waals surface area contributed by atoms with Crippen molar-refractivity contribution in [3.05, 3.63) is 81.2 Å². The molecule has 0 saturated carbocycles. The van der Waals surface area contributed by atoms with E-state index in [1.54, 1.807) is 6.07 Å². The highest BCUT2D eigenvalue weighted by Crippen LogP contribution is 2.22. The van der Waals surface area contributed by atoms with E-state index < -0.39 is 0 Å². The number of rotatable bonds is 6. The number of hydrogen-bond acceptors (Lipinski definition) is 4. The molecule has 3 rings (SSSR count). The summed E-state index contributed by atoms with van der Waals surface area (Å²) in [6.45, 7) is 5.53. The number of nitrogens with zero attached hydrogens (tertiary/aromatic N) is 1. The van der Waals surface area contributed by atoms with Crippen LogP contribution in [-0.4, -0.2) is 25.5 Å². The molecule has 1 aromatic heterocycles. The molecule has 1 heterocycles. The van der Waals surface area contributed by atoms with E-state index in [-0.39, 0.29) is 11.7 Å². The molecule has 0 aliphatic rings. The molecule has 0 fully saturated rings. The number of benzene rings is 2. The fourth-order valence-corrected chi connectivity index (χ4v) is 3.25. The first kappa shape index (κ1) is 18.4. The number of likely N-dealkylation sites (N-methyl/N-ethyl adjacent to an activating group) is 1. The Bertz CT molecular complexity index is 946. The monoisotopic (exact) mass is 350 g/mol. The van der Waals surface area contributed by atoms with Crippen LogP contribution in [0.15, 0.2) is 57.7 Å². The van der Waals surface area contributed by atoms with Gasteiger partial charge in [0.1, 0.15) is 5.58 Å². The number of fused-ring (bicyclic) bond motifs is 1. The predicted octanol–water partition coefficient (Wildman–Crippen LogP) is 3.80. The topological polar surface area (TPSA) is 45.5 Å². The lowest BCUT2D eigenvalue weighted by atomic mass is 10.0. The molecule has 4 nitrogen and oxygen atoms in total. The summed E-state index contributed by atoms with van der Waals surface area (Å²) in [5.74, 6) is 0. The summed E-state index contributed by atoms with van der Waals surface area (Å²) in [5, 5.41) is 4.51. The van der Waals surface area contributed by atoms with Crippen molar-refractivity contribution in [1.82, 2.24) is 10.2 Å². The van der Waals surface area contributed by atoms with Crippen LogP contribution in [0, 0.1) is 13.8 Å². The van der Waals surface area contributed by atoms with E-state index in [4.69, 9.17) is 4.42 Å². The first-order valence-electron chi connectivity index (χ1n) is 8.92. The maximum absolute atomic E-state index is 11.9. The first-order valence-corrected chi connectivity index (χ1v) is 8.92. The zero-order chi connectivity index (χ0) is 18.7. The van der Waals surface area contributed by atoms with Gasteiger partial charge in [-0.15, -0.1) is 0 Å². The van der Waals surface area contributed by atoms with Crippen LogP contribution >= 0.6 is 0 Å². The van der Waals surface area contributed by atoms with Crippen molar-refractivity contribution in [2.45, 2.75) is 26.4 Å². The maximum Gasteiger partial charge on any atom is 0.336 e.